The molecule has 5 rings (SSSR count). The molecule has 1 heterocycles. The molecule has 3 atom stereocenters. The summed E-state index contributed by atoms with van der Waals surface area (Å²) >= 11 is 0. The maximum absolute atomic E-state index is 13.3. The first kappa shape index (κ1) is 21.5. The molecule has 1 amide bonds. The molecule has 2 N–H and O–H groups in total. The Morgan fingerprint density at radius 1 is 1.00 bits per heavy atom. The third kappa shape index (κ3) is 4.18. The molecule has 3 aliphatic carbocycles. The van der Waals surface area contributed by atoms with Gasteiger partial charge in [0.1, 0.15) is 0 Å². The molecule has 4 aliphatic rings. The molecule has 31 heavy (non-hydrogen) atoms. The Kier molecular flexibility index (Phi) is 5.89. The molecule has 4 nitrogen and oxygen atoms in total. The van der Waals surface area contributed by atoms with Crippen LogP contribution < -0.4 is 5.32 Å². The van der Waals surface area contributed by atoms with Crippen LogP contribution in [-0.2, 0) is 10.4 Å². The summed E-state index contributed by atoms with van der Waals surface area (Å²) in [7, 11) is 2.46. The fraction of sp³-hybridized carbons (Fsp3) is 0.741. The fourth-order valence-corrected chi connectivity index (χ4v) is 7.54. The summed E-state index contributed by atoms with van der Waals surface area (Å²) in [5, 5.41) is 14.8. The first-order valence-electron chi connectivity index (χ1n) is 12.9. The van der Waals surface area contributed by atoms with Crippen molar-refractivity contribution in [2.75, 3.05) is 33.2 Å². The zero-order valence-electron chi connectivity index (χ0n) is 19.3. The van der Waals surface area contributed by atoms with Crippen molar-refractivity contribution < 1.29 is 14.4 Å². The van der Waals surface area contributed by atoms with E-state index < -0.39 is 5.60 Å². The third-order valence-electron chi connectivity index (χ3n) is 9.24. The number of quaternary nitrogens is 1. The lowest BCUT2D eigenvalue weighted by Gasteiger charge is -2.37. The van der Waals surface area contributed by atoms with Gasteiger partial charge in [-0.05, 0) is 37.2 Å². The number of aliphatic hydroxyl groups is 1. The van der Waals surface area contributed by atoms with E-state index in [0.29, 0.717) is 5.92 Å². The van der Waals surface area contributed by atoms with E-state index in [-0.39, 0.29) is 11.8 Å². The molecule has 4 heteroatoms. The van der Waals surface area contributed by atoms with Crippen molar-refractivity contribution in [3.05, 3.63) is 35.9 Å². The van der Waals surface area contributed by atoms with Gasteiger partial charge in [-0.15, -0.1) is 0 Å². The Morgan fingerprint density at radius 2 is 1.61 bits per heavy atom. The molecule has 1 aromatic rings. The number of piperidine rings is 1. The zero-order valence-corrected chi connectivity index (χ0v) is 19.3. The topological polar surface area (TPSA) is 49.3 Å². The third-order valence-corrected chi connectivity index (χ3v) is 9.24. The summed E-state index contributed by atoms with van der Waals surface area (Å²) < 4.78 is 1.25. The fourth-order valence-electron chi connectivity index (χ4n) is 7.54. The second-order valence-corrected chi connectivity index (χ2v) is 11.5. The van der Waals surface area contributed by atoms with Crippen LogP contribution in [-0.4, -0.2) is 48.7 Å². The first-order valence-corrected chi connectivity index (χ1v) is 12.9. The molecule has 1 aromatic carbocycles. The van der Waals surface area contributed by atoms with Crippen LogP contribution in [0.1, 0.15) is 63.4 Å². The number of hydrogen-bond donors (Lipinski definition) is 2. The van der Waals surface area contributed by atoms with Crippen molar-refractivity contribution >= 4 is 5.91 Å². The lowest BCUT2D eigenvalue weighted by Crippen LogP contribution is -2.51. The highest BCUT2D eigenvalue weighted by Gasteiger charge is 2.62. The molecule has 1 saturated heterocycles. The summed E-state index contributed by atoms with van der Waals surface area (Å²) in [5.74, 6) is 2.95. The zero-order chi connectivity index (χ0) is 21.5. The average molecular weight is 426 g/mol. The highest BCUT2D eigenvalue weighted by atomic mass is 16.3. The predicted octanol–water partition coefficient (Wildman–Crippen LogP) is 4.08. The average Bonchev–Trinajstić information content (AvgIpc) is 3.17. The van der Waals surface area contributed by atoms with Crippen LogP contribution in [0, 0.1) is 29.6 Å². The van der Waals surface area contributed by atoms with Gasteiger partial charge in [0.2, 0.25) is 0 Å². The van der Waals surface area contributed by atoms with Crippen LogP contribution in [0.25, 0.3) is 0 Å². The normalized spacial score (nSPS) is 35.5. The summed E-state index contributed by atoms with van der Waals surface area (Å²) in [6, 6.07) is 9.64. The van der Waals surface area contributed by atoms with Crippen LogP contribution in [0.3, 0.4) is 0 Å². The lowest BCUT2D eigenvalue weighted by atomic mass is 9.79. The van der Waals surface area contributed by atoms with E-state index in [0.717, 1.165) is 55.5 Å². The van der Waals surface area contributed by atoms with E-state index in [4.69, 9.17) is 0 Å². The van der Waals surface area contributed by atoms with Crippen molar-refractivity contribution in [1.29, 1.82) is 0 Å². The van der Waals surface area contributed by atoms with E-state index in [1.165, 1.54) is 56.2 Å². The molecule has 3 saturated carbocycles. The van der Waals surface area contributed by atoms with Gasteiger partial charge in [-0.2, -0.15) is 0 Å². The van der Waals surface area contributed by atoms with Gasteiger partial charge < -0.3 is 14.9 Å². The van der Waals surface area contributed by atoms with Gasteiger partial charge >= 0.3 is 0 Å². The Labute approximate surface area is 188 Å². The summed E-state index contributed by atoms with van der Waals surface area (Å²) in [5.41, 5.74) is -0.625. The van der Waals surface area contributed by atoms with Gasteiger partial charge in [0.25, 0.3) is 5.91 Å². The summed E-state index contributed by atoms with van der Waals surface area (Å²) in [6.07, 6.45) is 11.2. The quantitative estimate of drug-likeness (QED) is 0.647. The van der Waals surface area contributed by atoms with E-state index in [9.17, 15) is 9.90 Å². The number of carbonyl (C=O) groups excluding carboxylic acids is 1. The number of nitrogens with zero attached hydrogens (tertiary/aromatic N) is 1. The minimum atomic E-state index is -1.38. The van der Waals surface area contributed by atoms with Gasteiger partial charge in [0, 0.05) is 30.2 Å². The van der Waals surface area contributed by atoms with Crippen LogP contribution in [0.4, 0.5) is 0 Å². The summed E-state index contributed by atoms with van der Waals surface area (Å²) in [6.45, 7) is 4.67. The standard InChI is InChI=1S/C27H40N2O2/c1-29(17-20-10-4-2-5-11-20)18-24-23(25(24)19-29)16-28-26(30)27(31,22-14-8-9-15-22)21-12-6-3-7-13-21/h3,6-7,12-13,20,22-25,31H,2,4-5,8-11,14-19H2,1H3/p+1. The number of hydrogen-bond acceptors (Lipinski definition) is 2. The molecule has 4 fully saturated rings. The van der Waals surface area contributed by atoms with Gasteiger partial charge in [-0.1, -0.05) is 62.4 Å². The van der Waals surface area contributed by atoms with Gasteiger partial charge in [0.05, 0.1) is 26.7 Å². The number of carbonyl (C=O) groups is 1. The molecule has 0 aromatic heterocycles. The molecule has 0 bridgehead atoms. The Bertz CT molecular complexity index is 757. The minimum Gasteiger partial charge on any atom is -0.375 e. The molecule has 0 radical (unpaired) electrons. The van der Waals surface area contributed by atoms with Gasteiger partial charge in [-0.25, -0.2) is 0 Å². The molecule has 3 unspecified atom stereocenters. The molecular formula is C27H41N2O2+. The maximum Gasteiger partial charge on any atom is 0.256 e. The van der Waals surface area contributed by atoms with Crippen LogP contribution in [0.5, 0.6) is 0 Å². The number of fused-ring (bicyclic) bond motifs is 1. The SMILES string of the molecule is C[N+]1(CC2CCCCC2)CC2C(CNC(=O)C(O)(c3ccccc3)C3CCCC3)C2C1. The van der Waals surface area contributed by atoms with E-state index in [1.54, 1.807) is 0 Å². The molecule has 0 spiro atoms. The smallest absolute Gasteiger partial charge is 0.256 e. The number of benzene rings is 1. The van der Waals surface area contributed by atoms with Crippen molar-refractivity contribution in [1.82, 2.24) is 5.32 Å². The first-order chi connectivity index (χ1) is 15.0. The van der Waals surface area contributed by atoms with Crippen molar-refractivity contribution in [3.8, 4) is 0 Å². The monoisotopic (exact) mass is 425 g/mol. The highest BCUT2D eigenvalue weighted by molar-refractivity contribution is 5.86. The van der Waals surface area contributed by atoms with Crippen molar-refractivity contribution in [3.63, 3.8) is 0 Å². The minimum absolute atomic E-state index is 0.0315. The van der Waals surface area contributed by atoms with E-state index >= 15 is 0 Å². The second kappa shape index (κ2) is 8.51. The maximum atomic E-state index is 13.3. The second-order valence-electron chi connectivity index (χ2n) is 11.5. The Balaban J connectivity index is 1.17. The molecule has 170 valence electrons. The van der Waals surface area contributed by atoms with Crippen LogP contribution in [0.15, 0.2) is 30.3 Å². The van der Waals surface area contributed by atoms with E-state index in [1.807, 2.05) is 30.3 Å². The van der Waals surface area contributed by atoms with Gasteiger partial charge in [0.15, 0.2) is 5.60 Å². The number of nitrogens with one attached hydrogen (secondary N) is 1. The molecular weight excluding hydrogens is 384 g/mol. The number of amides is 1. The largest absolute Gasteiger partial charge is 0.375 e. The number of rotatable bonds is 7. The lowest BCUT2D eigenvalue weighted by molar-refractivity contribution is -0.906. The molecule has 1 aliphatic heterocycles. The predicted molar refractivity (Wildman–Crippen MR) is 123 cm³/mol. The van der Waals surface area contributed by atoms with Crippen molar-refractivity contribution in [2.45, 2.75) is 63.4 Å². The number of likely N-dealkylation sites (tertiary alicyclic amines) is 1. The summed E-state index contributed by atoms with van der Waals surface area (Å²) in [4.78, 5) is 13.3. The Morgan fingerprint density at radius 3 is 2.26 bits per heavy atom. The highest BCUT2D eigenvalue weighted by Crippen LogP contribution is 2.54. The van der Waals surface area contributed by atoms with Crippen LogP contribution in [0.2, 0.25) is 0 Å². The van der Waals surface area contributed by atoms with Crippen LogP contribution >= 0.6 is 0 Å². The van der Waals surface area contributed by atoms with E-state index in [2.05, 4.69) is 12.4 Å². The van der Waals surface area contributed by atoms with Crippen molar-refractivity contribution in [2.24, 2.45) is 29.6 Å². The van der Waals surface area contributed by atoms with Gasteiger partial charge in [-0.3, -0.25) is 4.79 Å². The Hall–Kier alpha value is -1.39.